The van der Waals surface area contributed by atoms with E-state index in [2.05, 4.69) is 30.8 Å². The van der Waals surface area contributed by atoms with Gasteiger partial charge in [0.05, 0.1) is 0 Å². The number of hydrogen-bond donors (Lipinski definition) is 2. The Labute approximate surface area is 164 Å². The Balaban J connectivity index is 2.47. The molecule has 0 heterocycles. The van der Waals surface area contributed by atoms with Gasteiger partial charge >= 0.3 is 6.36 Å². The summed E-state index contributed by atoms with van der Waals surface area (Å²) < 4.78 is 41.1. The minimum absolute atomic E-state index is 0.120. The van der Waals surface area contributed by atoms with Gasteiger partial charge in [-0.25, -0.2) is 0 Å². The van der Waals surface area contributed by atoms with Crippen LogP contribution in [0.2, 0.25) is 0 Å². The van der Waals surface area contributed by atoms with Gasteiger partial charge in [-0.15, -0.1) is 13.2 Å². The van der Waals surface area contributed by atoms with Gasteiger partial charge in [0, 0.05) is 23.2 Å². The van der Waals surface area contributed by atoms with E-state index in [0.717, 1.165) is 11.1 Å². The fraction of sp³-hybridized carbons (Fsp3) is 0.455. The van der Waals surface area contributed by atoms with Gasteiger partial charge in [-0.3, -0.25) is 0 Å². The van der Waals surface area contributed by atoms with Gasteiger partial charge in [-0.2, -0.15) is 0 Å². The third kappa shape index (κ3) is 6.16. The molecular weight excluding hydrogens is 367 g/mol. The van der Waals surface area contributed by atoms with E-state index in [1.54, 1.807) is 0 Å². The van der Waals surface area contributed by atoms with Crippen molar-refractivity contribution in [3.8, 4) is 22.6 Å². The molecule has 0 radical (unpaired) electrons. The Morgan fingerprint density at radius 2 is 1.50 bits per heavy atom. The van der Waals surface area contributed by atoms with Gasteiger partial charge in [0.2, 0.25) is 0 Å². The Morgan fingerprint density at radius 3 is 1.96 bits per heavy atom. The smallest absolute Gasteiger partial charge is 0.507 e. The summed E-state index contributed by atoms with van der Waals surface area (Å²) >= 11 is 0. The van der Waals surface area contributed by atoms with E-state index in [1.165, 1.54) is 24.3 Å². The van der Waals surface area contributed by atoms with Gasteiger partial charge in [0.15, 0.2) is 0 Å². The molecule has 6 heteroatoms. The van der Waals surface area contributed by atoms with Crippen LogP contribution in [0.15, 0.2) is 36.4 Å². The first-order valence-corrected chi connectivity index (χ1v) is 9.13. The zero-order valence-electron chi connectivity index (χ0n) is 17.2. The Hall–Kier alpha value is -2.21. The summed E-state index contributed by atoms with van der Waals surface area (Å²) in [5.74, 6) is -0.174. The van der Waals surface area contributed by atoms with Gasteiger partial charge < -0.3 is 15.2 Å². The number of aromatic hydroxyl groups is 1. The zero-order valence-corrected chi connectivity index (χ0v) is 17.2. The van der Waals surface area contributed by atoms with Crippen LogP contribution < -0.4 is 10.1 Å². The SMILES string of the molecule is CC(C)(C)NCc1cc(C(C)(C)C)cc(-c2ccc(OC(F)(F)F)cc2)c1O. The number of nitrogens with one attached hydrogen (secondary N) is 1. The fourth-order valence-corrected chi connectivity index (χ4v) is 2.68. The summed E-state index contributed by atoms with van der Waals surface area (Å²) in [4.78, 5) is 0. The summed E-state index contributed by atoms with van der Waals surface area (Å²) in [5.41, 5.74) is 2.69. The number of phenolic OH excluding ortho intramolecular Hbond substituents is 1. The van der Waals surface area contributed by atoms with Crippen LogP contribution in [0.4, 0.5) is 13.2 Å². The molecule has 0 aromatic heterocycles. The van der Waals surface area contributed by atoms with Crippen molar-refractivity contribution in [2.75, 3.05) is 0 Å². The average Bonchev–Trinajstić information content (AvgIpc) is 2.51. The fourth-order valence-electron chi connectivity index (χ4n) is 2.68. The zero-order chi connectivity index (χ0) is 21.3. The van der Waals surface area contributed by atoms with E-state index in [1.807, 2.05) is 32.9 Å². The van der Waals surface area contributed by atoms with Crippen LogP contribution in [0.3, 0.4) is 0 Å². The average molecular weight is 395 g/mol. The highest BCUT2D eigenvalue weighted by molar-refractivity contribution is 5.73. The standard InChI is InChI=1S/C22H28F3NO2/c1-20(2,3)16-11-15(13-26-21(4,5)6)19(27)18(12-16)14-7-9-17(10-8-14)28-22(23,24)25/h7-12,26-27H,13H2,1-6H3. The summed E-state index contributed by atoms with van der Waals surface area (Å²) in [6.45, 7) is 12.8. The molecule has 28 heavy (non-hydrogen) atoms. The normalized spacial score (nSPS) is 12.9. The minimum Gasteiger partial charge on any atom is -0.507 e. The molecule has 2 aromatic rings. The largest absolute Gasteiger partial charge is 0.573 e. The van der Waals surface area contributed by atoms with E-state index < -0.39 is 6.36 Å². The minimum atomic E-state index is -4.73. The van der Waals surface area contributed by atoms with Gasteiger partial charge in [0.1, 0.15) is 11.5 Å². The summed E-state index contributed by atoms with van der Waals surface area (Å²) in [6.07, 6.45) is -4.73. The quantitative estimate of drug-likeness (QED) is 0.653. The first kappa shape index (κ1) is 22.1. The van der Waals surface area contributed by atoms with Crippen molar-refractivity contribution < 1.29 is 23.0 Å². The lowest BCUT2D eigenvalue weighted by Crippen LogP contribution is -2.35. The van der Waals surface area contributed by atoms with Crippen LogP contribution in [0.1, 0.15) is 52.7 Å². The van der Waals surface area contributed by atoms with E-state index in [9.17, 15) is 18.3 Å². The first-order valence-electron chi connectivity index (χ1n) is 9.13. The molecule has 3 nitrogen and oxygen atoms in total. The van der Waals surface area contributed by atoms with Crippen molar-refractivity contribution in [2.24, 2.45) is 0 Å². The van der Waals surface area contributed by atoms with Crippen LogP contribution >= 0.6 is 0 Å². The maximum Gasteiger partial charge on any atom is 0.573 e. The Bertz CT molecular complexity index is 814. The predicted molar refractivity (Wildman–Crippen MR) is 106 cm³/mol. The second kappa shape index (κ2) is 7.66. The summed E-state index contributed by atoms with van der Waals surface area (Å²) in [6, 6.07) is 9.39. The molecule has 0 atom stereocenters. The Kier molecular flexibility index (Phi) is 6.04. The highest BCUT2D eigenvalue weighted by Gasteiger charge is 2.31. The van der Waals surface area contributed by atoms with E-state index >= 15 is 0 Å². The van der Waals surface area contributed by atoms with Crippen molar-refractivity contribution in [1.29, 1.82) is 0 Å². The molecule has 0 saturated carbocycles. The first-order chi connectivity index (χ1) is 12.7. The molecule has 0 saturated heterocycles. The van der Waals surface area contributed by atoms with Crippen molar-refractivity contribution in [3.05, 3.63) is 47.5 Å². The molecular formula is C22H28F3NO2. The number of hydrogen-bond acceptors (Lipinski definition) is 3. The van der Waals surface area contributed by atoms with Crippen molar-refractivity contribution in [2.45, 2.75) is 65.4 Å². The summed E-state index contributed by atoms with van der Waals surface area (Å²) in [5, 5.41) is 14.2. The third-order valence-electron chi connectivity index (χ3n) is 4.26. The van der Waals surface area contributed by atoms with Crippen molar-refractivity contribution >= 4 is 0 Å². The molecule has 2 rings (SSSR count). The van der Waals surface area contributed by atoms with E-state index in [0.29, 0.717) is 17.7 Å². The van der Waals surface area contributed by atoms with E-state index in [-0.39, 0.29) is 22.5 Å². The van der Waals surface area contributed by atoms with Crippen LogP contribution in [-0.2, 0) is 12.0 Å². The number of rotatable bonds is 4. The number of phenols is 1. The maximum atomic E-state index is 12.4. The lowest BCUT2D eigenvalue weighted by molar-refractivity contribution is -0.274. The second-order valence-electron chi connectivity index (χ2n) is 8.96. The van der Waals surface area contributed by atoms with Crippen molar-refractivity contribution in [1.82, 2.24) is 5.32 Å². The maximum absolute atomic E-state index is 12.4. The molecule has 0 amide bonds. The van der Waals surface area contributed by atoms with Crippen LogP contribution in [-0.4, -0.2) is 17.0 Å². The number of alkyl halides is 3. The van der Waals surface area contributed by atoms with E-state index in [4.69, 9.17) is 0 Å². The molecule has 154 valence electrons. The van der Waals surface area contributed by atoms with Crippen molar-refractivity contribution in [3.63, 3.8) is 0 Å². The highest BCUT2D eigenvalue weighted by atomic mass is 19.4. The highest BCUT2D eigenvalue weighted by Crippen LogP contribution is 2.38. The van der Waals surface area contributed by atoms with Crippen LogP contribution in [0.5, 0.6) is 11.5 Å². The van der Waals surface area contributed by atoms with Gasteiger partial charge in [-0.05, 0) is 55.5 Å². The second-order valence-corrected chi connectivity index (χ2v) is 8.96. The molecule has 0 aliphatic carbocycles. The predicted octanol–water partition coefficient (Wildman–Crippen LogP) is 6.14. The molecule has 2 N–H and O–H groups in total. The molecule has 0 bridgehead atoms. The molecule has 0 unspecified atom stereocenters. The van der Waals surface area contributed by atoms with Gasteiger partial charge in [0.25, 0.3) is 0 Å². The molecule has 0 aliphatic heterocycles. The third-order valence-corrected chi connectivity index (χ3v) is 4.26. The molecule has 0 fully saturated rings. The Morgan fingerprint density at radius 1 is 0.929 bits per heavy atom. The van der Waals surface area contributed by atoms with Gasteiger partial charge in [-0.1, -0.05) is 39.0 Å². The lowest BCUT2D eigenvalue weighted by Gasteiger charge is -2.25. The number of ether oxygens (including phenoxy) is 1. The van der Waals surface area contributed by atoms with Crippen LogP contribution in [0.25, 0.3) is 11.1 Å². The monoisotopic (exact) mass is 395 g/mol. The van der Waals surface area contributed by atoms with Crippen LogP contribution in [0, 0.1) is 0 Å². The lowest BCUT2D eigenvalue weighted by atomic mass is 9.83. The summed E-state index contributed by atoms with van der Waals surface area (Å²) in [7, 11) is 0. The topological polar surface area (TPSA) is 41.5 Å². The molecule has 2 aromatic carbocycles. The molecule has 0 aliphatic rings. The number of halogens is 3. The molecule has 0 spiro atoms. The number of benzene rings is 2.